The van der Waals surface area contributed by atoms with Crippen molar-refractivity contribution in [2.45, 2.75) is 52.1 Å². The van der Waals surface area contributed by atoms with Gasteiger partial charge in [-0.3, -0.25) is 13.9 Å². The number of rotatable bonds is 11. The van der Waals surface area contributed by atoms with E-state index in [-0.39, 0.29) is 23.3 Å². The largest absolute Gasteiger partial charge is 0.354 e. The molecule has 7 nitrogen and oxygen atoms in total. The van der Waals surface area contributed by atoms with Crippen molar-refractivity contribution < 1.29 is 18.0 Å². The van der Waals surface area contributed by atoms with Gasteiger partial charge < -0.3 is 10.2 Å². The van der Waals surface area contributed by atoms with Crippen molar-refractivity contribution in [1.82, 2.24) is 10.2 Å². The third-order valence-electron chi connectivity index (χ3n) is 6.45. The summed E-state index contributed by atoms with van der Waals surface area (Å²) in [4.78, 5) is 28.6. The predicted molar refractivity (Wildman–Crippen MR) is 164 cm³/mol. The van der Waals surface area contributed by atoms with Gasteiger partial charge in [-0.2, -0.15) is 0 Å². The van der Waals surface area contributed by atoms with Gasteiger partial charge in [0, 0.05) is 22.6 Å². The maximum absolute atomic E-state index is 14.0. The van der Waals surface area contributed by atoms with Crippen molar-refractivity contribution in [1.29, 1.82) is 0 Å². The lowest BCUT2D eigenvalue weighted by Crippen LogP contribution is -2.51. The number of amides is 2. The Labute approximate surface area is 250 Å². The maximum atomic E-state index is 14.0. The number of carbonyl (C=O) groups is 2. The first kappa shape index (κ1) is 31.6. The maximum Gasteiger partial charge on any atom is 0.264 e. The lowest BCUT2D eigenvalue weighted by atomic mass is 10.1. The molecule has 0 aliphatic heterocycles. The summed E-state index contributed by atoms with van der Waals surface area (Å²) in [5.41, 5.74) is 2.63. The van der Waals surface area contributed by atoms with Crippen LogP contribution in [0, 0.1) is 19.8 Å². The van der Waals surface area contributed by atoms with Gasteiger partial charge in [0.05, 0.1) is 10.6 Å². The van der Waals surface area contributed by atoms with Gasteiger partial charge in [-0.05, 0) is 74.2 Å². The molecule has 0 aliphatic carbocycles. The first-order chi connectivity index (χ1) is 18.8. The molecule has 0 radical (unpaired) electrons. The van der Waals surface area contributed by atoms with Gasteiger partial charge in [0.2, 0.25) is 11.8 Å². The summed E-state index contributed by atoms with van der Waals surface area (Å²) in [7, 11) is -4.16. The summed E-state index contributed by atoms with van der Waals surface area (Å²) in [6.45, 7) is 9.30. The number of aryl methyl sites for hydroxylation is 2. The second-order valence-electron chi connectivity index (χ2n) is 10.2. The molecule has 0 heterocycles. The summed E-state index contributed by atoms with van der Waals surface area (Å²) in [6, 6.07) is 17.9. The molecule has 3 rings (SSSR count). The van der Waals surface area contributed by atoms with Gasteiger partial charge in [-0.1, -0.05) is 77.3 Å². The normalized spacial score (nSPS) is 12.2. The Morgan fingerprint density at radius 2 is 1.57 bits per heavy atom. The number of nitrogens with zero attached hydrogens (tertiary/aromatic N) is 2. The molecule has 3 aromatic carbocycles. The molecule has 10 heteroatoms. The fourth-order valence-corrected chi connectivity index (χ4v) is 5.92. The summed E-state index contributed by atoms with van der Waals surface area (Å²) in [5.74, 6) is -0.607. The highest BCUT2D eigenvalue weighted by Gasteiger charge is 2.33. The SMILES string of the molecule is Cc1ccc(S(=O)(=O)N(CC(=O)N(Cc2ccc(Br)cc2)[C@@H](C)C(=O)NCC(C)C)c2cc(Cl)ccc2C)cc1. The minimum Gasteiger partial charge on any atom is -0.354 e. The van der Waals surface area contributed by atoms with E-state index >= 15 is 0 Å². The van der Waals surface area contributed by atoms with Gasteiger partial charge in [0.15, 0.2) is 0 Å². The molecule has 0 aromatic heterocycles. The van der Waals surface area contributed by atoms with E-state index in [1.807, 2.05) is 45.0 Å². The van der Waals surface area contributed by atoms with E-state index in [1.54, 1.807) is 38.1 Å². The second kappa shape index (κ2) is 13.7. The van der Waals surface area contributed by atoms with Gasteiger partial charge in [0.25, 0.3) is 10.0 Å². The molecule has 0 saturated carbocycles. The van der Waals surface area contributed by atoms with E-state index < -0.39 is 28.5 Å². The lowest BCUT2D eigenvalue weighted by molar-refractivity contribution is -0.139. The number of anilines is 1. The number of hydrogen-bond acceptors (Lipinski definition) is 4. The summed E-state index contributed by atoms with van der Waals surface area (Å²) >= 11 is 9.69. The quantitative estimate of drug-likeness (QED) is 0.272. The highest BCUT2D eigenvalue weighted by Crippen LogP contribution is 2.30. The fourth-order valence-electron chi connectivity index (χ4n) is 4.02. The number of halogens is 2. The predicted octanol–water partition coefficient (Wildman–Crippen LogP) is 6.10. The van der Waals surface area contributed by atoms with Crippen LogP contribution in [0.5, 0.6) is 0 Å². The van der Waals surface area contributed by atoms with E-state index in [9.17, 15) is 18.0 Å². The van der Waals surface area contributed by atoms with E-state index in [4.69, 9.17) is 11.6 Å². The Balaban J connectivity index is 2.05. The van der Waals surface area contributed by atoms with Crippen LogP contribution < -0.4 is 9.62 Å². The lowest BCUT2D eigenvalue weighted by Gasteiger charge is -2.32. The Morgan fingerprint density at radius 1 is 0.950 bits per heavy atom. The van der Waals surface area contributed by atoms with Crippen molar-refractivity contribution in [3.63, 3.8) is 0 Å². The topological polar surface area (TPSA) is 86.8 Å². The Hall–Kier alpha value is -2.88. The summed E-state index contributed by atoms with van der Waals surface area (Å²) in [5, 5.41) is 3.22. The Bertz CT molecular complexity index is 1440. The molecule has 3 aromatic rings. The molecule has 0 spiro atoms. The zero-order valence-electron chi connectivity index (χ0n) is 23.3. The summed E-state index contributed by atoms with van der Waals surface area (Å²) in [6.07, 6.45) is 0. The first-order valence-electron chi connectivity index (χ1n) is 13.0. The molecule has 1 atom stereocenters. The Morgan fingerprint density at radius 3 is 2.17 bits per heavy atom. The fraction of sp³-hybridized carbons (Fsp3) is 0.333. The van der Waals surface area contributed by atoms with Crippen molar-refractivity contribution in [3.8, 4) is 0 Å². The molecule has 0 saturated heterocycles. The molecule has 0 bridgehead atoms. The van der Waals surface area contributed by atoms with Gasteiger partial charge in [0.1, 0.15) is 12.6 Å². The van der Waals surface area contributed by atoms with Gasteiger partial charge in [-0.25, -0.2) is 8.42 Å². The Kier molecular flexibility index (Phi) is 10.8. The van der Waals surface area contributed by atoms with E-state index in [0.717, 1.165) is 19.9 Å². The minimum atomic E-state index is -4.16. The van der Waals surface area contributed by atoms with Crippen LogP contribution in [-0.2, 0) is 26.2 Å². The monoisotopic (exact) mass is 647 g/mol. The van der Waals surface area contributed by atoms with E-state index in [1.165, 1.54) is 23.1 Å². The van der Waals surface area contributed by atoms with Crippen LogP contribution >= 0.6 is 27.5 Å². The van der Waals surface area contributed by atoms with Crippen molar-refractivity contribution in [2.24, 2.45) is 5.92 Å². The number of sulfonamides is 1. The van der Waals surface area contributed by atoms with Crippen LogP contribution in [0.1, 0.15) is 37.5 Å². The average Bonchev–Trinajstić information content (AvgIpc) is 2.91. The minimum absolute atomic E-state index is 0.0486. The zero-order chi connectivity index (χ0) is 29.6. The summed E-state index contributed by atoms with van der Waals surface area (Å²) < 4.78 is 29.9. The zero-order valence-corrected chi connectivity index (χ0v) is 26.5. The van der Waals surface area contributed by atoms with Gasteiger partial charge >= 0.3 is 0 Å². The van der Waals surface area contributed by atoms with Gasteiger partial charge in [-0.15, -0.1) is 0 Å². The highest BCUT2D eigenvalue weighted by atomic mass is 79.9. The third kappa shape index (κ3) is 8.08. The van der Waals surface area contributed by atoms with Crippen LogP contribution in [-0.4, -0.2) is 44.3 Å². The smallest absolute Gasteiger partial charge is 0.264 e. The molecule has 0 aliphatic rings. The molecule has 1 N–H and O–H groups in total. The third-order valence-corrected chi connectivity index (χ3v) is 8.98. The van der Waals surface area contributed by atoms with Crippen molar-refractivity contribution >= 4 is 55.1 Å². The number of hydrogen-bond donors (Lipinski definition) is 1. The molecular weight excluding hydrogens is 614 g/mol. The van der Waals surface area contributed by atoms with E-state index in [2.05, 4.69) is 21.2 Å². The van der Waals surface area contributed by atoms with Crippen LogP contribution in [0.4, 0.5) is 5.69 Å². The molecule has 0 unspecified atom stereocenters. The standard InChI is InChI=1S/C30H35BrClN3O4S/c1-20(2)17-33-30(37)23(5)34(18-24-9-11-25(31)12-10-24)29(36)19-35(28-16-26(32)13-8-22(28)4)40(38,39)27-14-6-21(3)7-15-27/h6-16,20,23H,17-19H2,1-5H3,(H,33,37)/t23-/m0/s1. The molecule has 2 amide bonds. The second-order valence-corrected chi connectivity index (χ2v) is 13.4. The number of carbonyl (C=O) groups excluding carboxylic acids is 2. The van der Waals surface area contributed by atoms with Crippen LogP contribution in [0.3, 0.4) is 0 Å². The number of benzene rings is 3. The molecule has 214 valence electrons. The van der Waals surface area contributed by atoms with Crippen molar-refractivity contribution in [3.05, 3.63) is 92.9 Å². The highest BCUT2D eigenvalue weighted by molar-refractivity contribution is 9.10. The van der Waals surface area contributed by atoms with E-state index in [0.29, 0.717) is 22.8 Å². The average molecular weight is 649 g/mol. The van der Waals surface area contributed by atoms with Crippen LogP contribution in [0.15, 0.2) is 76.1 Å². The molecule has 40 heavy (non-hydrogen) atoms. The first-order valence-corrected chi connectivity index (χ1v) is 15.6. The van der Waals surface area contributed by atoms with Crippen LogP contribution in [0.2, 0.25) is 5.02 Å². The van der Waals surface area contributed by atoms with Crippen LogP contribution in [0.25, 0.3) is 0 Å². The molecular formula is C30H35BrClN3O4S. The number of nitrogens with one attached hydrogen (secondary N) is 1. The molecule has 0 fully saturated rings. The van der Waals surface area contributed by atoms with Crippen molar-refractivity contribution in [2.75, 3.05) is 17.4 Å².